The molecule has 0 aliphatic carbocycles. The summed E-state index contributed by atoms with van der Waals surface area (Å²) in [5, 5.41) is 0. The van der Waals surface area contributed by atoms with E-state index in [1.54, 1.807) is 0 Å². The van der Waals surface area contributed by atoms with E-state index in [2.05, 4.69) is 28.9 Å². The number of hydrogen-bond acceptors (Lipinski definition) is 3. The SMILES string of the molecule is C[C@@H](c1ccccn1)N1CCCC[C@H]1CN. The van der Waals surface area contributed by atoms with Crippen LogP contribution in [0.4, 0.5) is 0 Å². The fourth-order valence-corrected chi connectivity index (χ4v) is 2.58. The predicted molar refractivity (Wildman–Crippen MR) is 66.1 cm³/mol. The molecule has 1 aliphatic heterocycles. The Morgan fingerprint density at radius 3 is 3.06 bits per heavy atom. The molecular weight excluding hydrogens is 198 g/mol. The minimum Gasteiger partial charge on any atom is -0.329 e. The van der Waals surface area contributed by atoms with Crippen molar-refractivity contribution in [3.8, 4) is 0 Å². The molecule has 0 aromatic carbocycles. The lowest BCUT2D eigenvalue weighted by atomic mass is 9.99. The van der Waals surface area contributed by atoms with Gasteiger partial charge in [0.05, 0.1) is 5.69 Å². The number of pyridine rings is 1. The van der Waals surface area contributed by atoms with Crippen LogP contribution in [0.5, 0.6) is 0 Å². The van der Waals surface area contributed by atoms with Crippen LogP contribution in [-0.2, 0) is 0 Å². The average Bonchev–Trinajstić information content (AvgIpc) is 2.39. The fraction of sp³-hybridized carbons (Fsp3) is 0.615. The van der Waals surface area contributed by atoms with Crippen molar-refractivity contribution >= 4 is 0 Å². The molecule has 0 radical (unpaired) electrons. The normalized spacial score (nSPS) is 24.2. The Labute approximate surface area is 97.7 Å². The highest BCUT2D eigenvalue weighted by Crippen LogP contribution is 2.26. The molecule has 88 valence electrons. The van der Waals surface area contributed by atoms with Crippen molar-refractivity contribution in [3.63, 3.8) is 0 Å². The third-order valence-electron chi connectivity index (χ3n) is 3.56. The van der Waals surface area contributed by atoms with Crippen LogP contribution in [0, 0.1) is 0 Å². The summed E-state index contributed by atoms with van der Waals surface area (Å²) in [5.41, 5.74) is 7.00. The fourth-order valence-electron chi connectivity index (χ4n) is 2.58. The zero-order valence-electron chi connectivity index (χ0n) is 9.97. The van der Waals surface area contributed by atoms with Crippen molar-refractivity contribution in [1.29, 1.82) is 0 Å². The van der Waals surface area contributed by atoms with Crippen LogP contribution in [0.1, 0.15) is 37.9 Å². The number of hydrogen-bond donors (Lipinski definition) is 1. The number of piperidine rings is 1. The molecule has 1 fully saturated rings. The summed E-state index contributed by atoms with van der Waals surface area (Å²) in [4.78, 5) is 6.95. The smallest absolute Gasteiger partial charge is 0.0572 e. The summed E-state index contributed by atoms with van der Waals surface area (Å²) >= 11 is 0. The molecule has 1 aliphatic rings. The van der Waals surface area contributed by atoms with E-state index in [9.17, 15) is 0 Å². The topological polar surface area (TPSA) is 42.2 Å². The first kappa shape index (κ1) is 11.6. The quantitative estimate of drug-likeness (QED) is 0.845. The summed E-state index contributed by atoms with van der Waals surface area (Å²) < 4.78 is 0. The van der Waals surface area contributed by atoms with E-state index in [0.717, 1.165) is 18.8 Å². The van der Waals surface area contributed by atoms with Gasteiger partial charge in [-0.2, -0.15) is 0 Å². The molecule has 0 saturated carbocycles. The Bertz CT molecular complexity index is 312. The molecule has 1 aromatic heterocycles. The van der Waals surface area contributed by atoms with E-state index in [1.165, 1.54) is 19.3 Å². The largest absolute Gasteiger partial charge is 0.329 e. The van der Waals surface area contributed by atoms with E-state index >= 15 is 0 Å². The Morgan fingerprint density at radius 2 is 2.38 bits per heavy atom. The lowest BCUT2D eigenvalue weighted by molar-refractivity contribution is 0.106. The van der Waals surface area contributed by atoms with Crippen molar-refractivity contribution in [2.75, 3.05) is 13.1 Å². The van der Waals surface area contributed by atoms with Crippen LogP contribution in [0.15, 0.2) is 24.4 Å². The Kier molecular flexibility index (Phi) is 3.91. The maximum atomic E-state index is 5.85. The predicted octanol–water partition coefficient (Wildman–Crippen LogP) is 1.96. The van der Waals surface area contributed by atoms with Gasteiger partial charge in [-0.1, -0.05) is 12.5 Å². The molecular formula is C13H21N3. The van der Waals surface area contributed by atoms with Crippen LogP contribution >= 0.6 is 0 Å². The molecule has 1 aromatic rings. The van der Waals surface area contributed by atoms with E-state index in [4.69, 9.17) is 5.73 Å². The molecule has 0 bridgehead atoms. The summed E-state index contributed by atoms with van der Waals surface area (Å²) in [5.74, 6) is 0. The summed E-state index contributed by atoms with van der Waals surface area (Å²) in [6, 6.07) is 7.04. The Balaban J connectivity index is 2.10. The van der Waals surface area contributed by atoms with E-state index in [-0.39, 0.29) is 0 Å². The minimum atomic E-state index is 0.384. The highest BCUT2D eigenvalue weighted by Gasteiger charge is 2.26. The maximum absolute atomic E-state index is 5.85. The number of aromatic nitrogens is 1. The van der Waals surface area contributed by atoms with Crippen LogP contribution in [0.3, 0.4) is 0 Å². The van der Waals surface area contributed by atoms with Crippen molar-refractivity contribution < 1.29 is 0 Å². The van der Waals surface area contributed by atoms with Gasteiger partial charge in [0.15, 0.2) is 0 Å². The number of nitrogens with zero attached hydrogens (tertiary/aromatic N) is 2. The zero-order chi connectivity index (χ0) is 11.4. The molecule has 0 spiro atoms. The molecule has 2 heterocycles. The first-order valence-corrected chi connectivity index (χ1v) is 6.19. The van der Waals surface area contributed by atoms with Gasteiger partial charge in [0.25, 0.3) is 0 Å². The monoisotopic (exact) mass is 219 g/mol. The molecule has 2 rings (SSSR count). The van der Waals surface area contributed by atoms with Crippen molar-refractivity contribution in [2.24, 2.45) is 5.73 Å². The number of rotatable bonds is 3. The molecule has 2 N–H and O–H groups in total. The van der Waals surface area contributed by atoms with Crippen LogP contribution in [0.2, 0.25) is 0 Å². The van der Waals surface area contributed by atoms with Crippen molar-refractivity contribution in [3.05, 3.63) is 30.1 Å². The van der Waals surface area contributed by atoms with Gasteiger partial charge < -0.3 is 5.73 Å². The number of likely N-dealkylation sites (tertiary alicyclic amines) is 1. The summed E-state index contributed by atoms with van der Waals surface area (Å²) in [7, 11) is 0. The molecule has 0 amide bonds. The van der Waals surface area contributed by atoms with Gasteiger partial charge in [0.1, 0.15) is 0 Å². The first-order valence-electron chi connectivity index (χ1n) is 6.19. The van der Waals surface area contributed by atoms with Crippen molar-refractivity contribution in [1.82, 2.24) is 9.88 Å². The lowest BCUT2D eigenvalue weighted by Crippen LogP contribution is -2.45. The van der Waals surface area contributed by atoms with Crippen molar-refractivity contribution in [2.45, 2.75) is 38.3 Å². The third-order valence-corrected chi connectivity index (χ3v) is 3.56. The average molecular weight is 219 g/mol. The van der Waals surface area contributed by atoms with Crippen LogP contribution in [0.25, 0.3) is 0 Å². The van der Waals surface area contributed by atoms with Gasteiger partial charge >= 0.3 is 0 Å². The maximum Gasteiger partial charge on any atom is 0.0572 e. The lowest BCUT2D eigenvalue weighted by Gasteiger charge is -2.39. The van der Waals surface area contributed by atoms with Gasteiger partial charge in [-0.25, -0.2) is 0 Å². The second kappa shape index (κ2) is 5.41. The Hall–Kier alpha value is -0.930. The van der Waals surface area contributed by atoms with E-state index < -0.39 is 0 Å². The molecule has 2 atom stereocenters. The van der Waals surface area contributed by atoms with Crippen LogP contribution < -0.4 is 5.73 Å². The number of nitrogens with two attached hydrogens (primary N) is 1. The zero-order valence-corrected chi connectivity index (χ0v) is 9.97. The van der Waals surface area contributed by atoms with Gasteiger partial charge in [-0.3, -0.25) is 9.88 Å². The second-order valence-electron chi connectivity index (χ2n) is 4.55. The Morgan fingerprint density at radius 1 is 1.50 bits per heavy atom. The minimum absolute atomic E-state index is 0.384. The highest BCUT2D eigenvalue weighted by molar-refractivity contribution is 5.08. The van der Waals surface area contributed by atoms with E-state index in [0.29, 0.717) is 12.1 Å². The van der Waals surface area contributed by atoms with Gasteiger partial charge in [-0.05, 0) is 38.4 Å². The summed E-state index contributed by atoms with van der Waals surface area (Å²) in [6.07, 6.45) is 5.70. The van der Waals surface area contributed by atoms with Gasteiger partial charge in [0, 0.05) is 24.8 Å². The summed E-state index contributed by atoms with van der Waals surface area (Å²) in [6.45, 7) is 4.15. The van der Waals surface area contributed by atoms with Gasteiger partial charge in [0.2, 0.25) is 0 Å². The standard InChI is InChI=1S/C13H21N3/c1-11(13-7-2-4-8-15-13)16-9-5-3-6-12(16)10-14/h2,4,7-8,11-12H,3,5-6,9-10,14H2,1H3/t11-,12-/m0/s1. The van der Waals surface area contributed by atoms with Gasteiger partial charge in [-0.15, -0.1) is 0 Å². The first-order chi connectivity index (χ1) is 7.83. The molecule has 0 unspecified atom stereocenters. The molecule has 16 heavy (non-hydrogen) atoms. The van der Waals surface area contributed by atoms with Crippen LogP contribution in [-0.4, -0.2) is 29.0 Å². The molecule has 3 nitrogen and oxygen atoms in total. The molecule has 3 heteroatoms. The third kappa shape index (κ3) is 2.42. The van der Waals surface area contributed by atoms with E-state index in [1.807, 2.05) is 12.3 Å². The second-order valence-corrected chi connectivity index (χ2v) is 4.55. The molecule has 1 saturated heterocycles. The highest BCUT2D eigenvalue weighted by atomic mass is 15.2.